The minimum atomic E-state index is -0.137. The molecule has 5 heteroatoms. The van der Waals surface area contributed by atoms with Gasteiger partial charge in [-0.1, -0.05) is 11.6 Å². The summed E-state index contributed by atoms with van der Waals surface area (Å²) in [6.45, 7) is 0.874. The predicted octanol–water partition coefficient (Wildman–Crippen LogP) is 1.90. The van der Waals surface area contributed by atoms with Crippen molar-refractivity contribution in [2.75, 3.05) is 11.9 Å². The molecule has 2 rings (SSSR count). The minimum absolute atomic E-state index is 0.0749. The molecule has 4 nitrogen and oxygen atoms in total. The van der Waals surface area contributed by atoms with E-state index in [1.165, 1.54) is 0 Å². The molecule has 1 aliphatic heterocycles. The number of hydrogen-bond acceptors (Lipinski definition) is 3. The van der Waals surface area contributed by atoms with Gasteiger partial charge in [-0.25, -0.2) is 0 Å². The van der Waals surface area contributed by atoms with E-state index in [-0.39, 0.29) is 11.9 Å². The molecule has 0 aromatic heterocycles. The third kappa shape index (κ3) is 2.76. The summed E-state index contributed by atoms with van der Waals surface area (Å²) >= 11 is 5.97. The number of benzene rings is 1. The Morgan fingerprint density at radius 1 is 1.59 bits per heavy atom. The highest BCUT2D eigenvalue weighted by Crippen LogP contribution is 2.23. The lowest BCUT2D eigenvalue weighted by atomic mass is 10.2. The van der Waals surface area contributed by atoms with Crippen LogP contribution in [0.3, 0.4) is 0 Å². The molecule has 1 saturated heterocycles. The zero-order valence-corrected chi connectivity index (χ0v) is 9.92. The Hall–Kier alpha value is -1.57. The Morgan fingerprint density at radius 2 is 2.41 bits per heavy atom. The fourth-order valence-corrected chi connectivity index (χ4v) is 2.04. The first kappa shape index (κ1) is 11.9. The molecule has 17 heavy (non-hydrogen) atoms. The molecule has 1 aliphatic rings. The van der Waals surface area contributed by atoms with Crippen molar-refractivity contribution in [3.05, 3.63) is 28.8 Å². The summed E-state index contributed by atoms with van der Waals surface area (Å²) in [5.41, 5.74) is 1.02. The molecule has 1 heterocycles. The minimum Gasteiger partial charge on any atom is -0.323 e. The number of hydrogen-bond donors (Lipinski definition) is 2. The lowest BCUT2D eigenvalue weighted by Gasteiger charge is -2.12. The molecule has 1 fully saturated rings. The van der Waals surface area contributed by atoms with Crippen LogP contribution in [0.1, 0.15) is 18.4 Å². The summed E-state index contributed by atoms with van der Waals surface area (Å²) in [4.78, 5) is 11.8. The van der Waals surface area contributed by atoms with Crippen molar-refractivity contribution in [2.45, 2.75) is 18.9 Å². The van der Waals surface area contributed by atoms with Crippen molar-refractivity contribution >= 4 is 23.2 Å². The van der Waals surface area contributed by atoms with Gasteiger partial charge in [-0.05, 0) is 37.6 Å². The molecule has 0 saturated carbocycles. The van der Waals surface area contributed by atoms with E-state index in [2.05, 4.69) is 10.6 Å². The first-order chi connectivity index (χ1) is 8.20. The number of rotatable bonds is 2. The Morgan fingerprint density at radius 3 is 3.00 bits per heavy atom. The van der Waals surface area contributed by atoms with E-state index in [1.54, 1.807) is 18.2 Å². The highest BCUT2D eigenvalue weighted by atomic mass is 35.5. The highest BCUT2D eigenvalue weighted by molar-refractivity contribution is 6.33. The molecule has 88 valence electrons. The number of anilines is 1. The summed E-state index contributed by atoms with van der Waals surface area (Å²) in [6, 6.07) is 6.67. The van der Waals surface area contributed by atoms with E-state index < -0.39 is 0 Å². The van der Waals surface area contributed by atoms with Crippen LogP contribution < -0.4 is 10.6 Å². The molecular weight excluding hydrogens is 238 g/mol. The van der Waals surface area contributed by atoms with E-state index >= 15 is 0 Å². The number of amides is 1. The van der Waals surface area contributed by atoms with Crippen LogP contribution in [0.15, 0.2) is 18.2 Å². The van der Waals surface area contributed by atoms with Gasteiger partial charge in [-0.2, -0.15) is 5.26 Å². The van der Waals surface area contributed by atoms with Crippen LogP contribution in [0.5, 0.6) is 0 Å². The van der Waals surface area contributed by atoms with Gasteiger partial charge in [-0.3, -0.25) is 4.79 Å². The Balaban J connectivity index is 2.08. The predicted molar refractivity (Wildman–Crippen MR) is 65.8 cm³/mol. The van der Waals surface area contributed by atoms with E-state index in [1.807, 2.05) is 6.07 Å². The molecule has 1 aromatic carbocycles. The summed E-state index contributed by atoms with van der Waals surface area (Å²) < 4.78 is 0. The molecule has 1 atom stereocenters. The first-order valence-corrected chi connectivity index (χ1v) is 5.82. The number of nitrogens with zero attached hydrogens (tertiary/aromatic N) is 1. The van der Waals surface area contributed by atoms with Gasteiger partial charge in [0.25, 0.3) is 0 Å². The smallest absolute Gasteiger partial charge is 0.241 e. The standard InChI is InChI=1S/C12H12ClN3O/c13-9-6-8(7-14)3-4-10(9)16-12(17)11-2-1-5-15-11/h3-4,6,11,15H,1-2,5H2,(H,16,17)/t11-/m1/s1. The quantitative estimate of drug-likeness (QED) is 0.841. The fourth-order valence-electron chi connectivity index (χ4n) is 1.81. The van der Waals surface area contributed by atoms with Crippen LogP contribution in [0.25, 0.3) is 0 Å². The topological polar surface area (TPSA) is 64.9 Å². The Kier molecular flexibility index (Phi) is 3.62. The lowest BCUT2D eigenvalue weighted by Crippen LogP contribution is -2.35. The SMILES string of the molecule is N#Cc1ccc(NC(=O)[C@H]2CCCN2)c(Cl)c1. The van der Waals surface area contributed by atoms with Gasteiger partial charge in [0.1, 0.15) is 0 Å². The number of halogens is 1. The first-order valence-electron chi connectivity index (χ1n) is 5.44. The summed E-state index contributed by atoms with van der Waals surface area (Å²) in [7, 11) is 0. The molecule has 1 aromatic rings. The molecule has 0 aliphatic carbocycles. The molecule has 0 bridgehead atoms. The van der Waals surface area contributed by atoms with Gasteiger partial charge in [-0.15, -0.1) is 0 Å². The van der Waals surface area contributed by atoms with E-state index in [0.29, 0.717) is 16.3 Å². The van der Waals surface area contributed by atoms with Crippen LogP contribution in [-0.2, 0) is 4.79 Å². The van der Waals surface area contributed by atoms with Crippen molar-refractivity contribution in [3.63, 3.8) is 0 Å². The zero-order valence-electron chi connectivity index (χ0n) is 9.16. The van der Waals surface area contributed by atoms with Gasteiger partial charge < -0.3 is 10.6 Å². The summed E-state index contributed by atoms with van der Waals surface area (Å²) in [6.07, 6.45) is 1.86. The maximum Gasteiger partial charge on any atom is 0.241 e. The normalized spacial score (nSPS) is 18.7. The third-order valence-corrected chi connectivity index (χ3v) is 3.05. The number of carbonyl (C=O) groups excluding carboxylic acids is 1. The van der Waals surface area contributed by atoms with Crippen molar-refractivity contribution in [1.82, 2.24) is 5.32 Å². The Bertz CT molecular complexity index is 475. The summed E-state index contributed by atoms with van der Waals surface area (Å²) in [5, 5.41) is 15.0. The van der Waals surface area contributed by atoms with E-state index in [9.17, 15) is 4.79 Å². The van der Waals surface area contributed by atoms with Crippen LogP contribution in [0, 0.1) is 11.3 Å². The van der Waals surface area contributed by atoms with Crippen LogP contribution in [0.2, 0.25) is 5.02 Å². The van der Waals surface area contributed by atoms with Crippen LogP contribution >= 0.6 is 11.6 Å². The number of nitrogens with one attached hydrogen (secondary N) is 2. The van der Waals surface area contributed by atoms with Gasteiger partial charge in [0, 0.05) is 0 Å². The van der Waals surface area contributed by atoms with Crippen molar-refractivity contribution < 1.29 is 4.79 Å². The van der Waals surface area contributed by atoms with Gasteiger partial charge in [0.05, 0.1) is 28.4 Å². The zero-order chi connectivity index (χ0) is 12.3. The second kappa shape index (κ2) is 5.17. The Labute approximate surface area is 105 Å². The largest absolute Gasteiger partial charge is 0.323 e. The van der Waals surface area contributed by atoms with Crippen molar-refractivity contribution in [3.8, 4) is 6.07 Å². The monoisotopic (exact) mass is 249 g/mol. The second-order valence-corrected chi connectivity index (χ2v) is 4.35. The summed E-state index contributed by atoms with van der Waals surface area (Å²) in [5.74, 6) is -0.0749. The van der Waals surface area contributed by atoms with Crippen LogP contribution in [-0.4, -0.2) is 18.5 Å². The number of carbonyl (C=O) groups is 1. The van der Waals surface area contributed by atoms with Gasteiger partial charge in [0.15, 0.2) is 0 Å². The third-order valence-electron chi connectivity index (χ3n) is 2.73. The average Bonchev–Trinajstić information content (AvgIpc) is 2.85. The van der Waals surface area contributed by atoms with E-state index in [0.717, 1.165) is 19.4 Å². The highest BCUT2D eigenvalue weighted by Gasteiger charge is 2.22. The molecular formula is C12H12ClN3O. The van der Waals surface area contributed by atoms with Crippen molar-refractivity contribution in [2.24, 2.45) is 0 Å². The molecule has 0 radical (unpaired) electrons. The lowest BCUT2D eigenvalue weighted by molar-refractivity contribution is -0.117. The van der Waals surface area contributed by atoms with E-state index in [4.69, 9.17) is 16.9 Å². The maximum atomic E-state index is 11.8. The maximum absolute atomic E-state index is 11.8. The average molecular weight is 250 g/mol. The molecule has 0 unspecified atom stereocenters. The fraction of sp³-hybridized carbons (Fsp3) is 0.333. The second-order valence-electron chi connectivity index (χ2n) is 3.94. The molecule has 1 amide bonds. The van der Waals surface area contributed by atoms with Gasteiger partial charge >= 0.3 is 0 Å². The number of nitriles is 1. The molecule has 0 spiro atoms. The van der Waals surface area contributed by atoms with Crippen molar-refractivity contribution in [1.29, 1.82) is 5.26 Å². The van der Waals surface area contributed by atoms with Crippen LogP contribution in [0.4, 0.5) is 5.69 Å². The molecule has 2 N–H and O–H groups in total. The van der Waals surface area contributed by atoms with Gasteiger partial charge in [0.2, 0.25) is 5.91 Å².